The zero-order chi connectivity index (χ0) is 43.4. The first kappa shape index (κ1) is 36.0. The summed E-state index contributed by atoms with van der Waals surface area (Å²) in [5.41, 5.74) is 16.5. The molecule has 0 atom stereocenters. The van der Waals surface area contributed by atoms with Gasteiger partial charge in [-0.15, -0.1) is 0 Å². The zero-order valence-corrected chi connectivity index (χ0v) is 36.4. The maximum absolute atomic E-state index is 6.22. The summed E-state index contributed by atoms with van der Waals surface area (Å²) in [5.74, 6) is 0. The molecule has 66 heavy (non-hydrogen) atoms. The zero-order valence-electron chi connectivity index (χ0n) is 36.4. The van der Waals surface area contributed by atoms with Crippen molar-refractivity contribution in [2.24, 2.45) is 0 Å². The predicted octanol–water partition coefficient (Wildman–Crippen LogP) is 17.2. The van der Waals surface area contributed by atoms with Gasteiger partial charge in [0, 0.05) is 49.1 Å². The number of hydrogen-bond donors (Lipinski definition) is 0. The molecule has 0 saturated carbocycles. The van der Waals surface area contributed by atoms with Crippen molar-refractivity contribution in [1.82, 2.24) is 9.13 Å². The van der Waals surface area contributed by atoms with Crippen molar-refractivity contribution in [3.63, 3.8) is 0 Å². The van der Waals surface area contributed by atoms with Crippen LogP contribution < -0.4 is 0 Å². The minimum Gasteiger partial charge on any atom is -0.456 e. The highest BCUT2D eigenvalue weighted by Gasteiger charge is 2.37. The topological polar surface area (TPSA) is 23.0 Å². The minimum absolute atomic E-state index is 0.201. The lowest BCUT2D eigenvalue weighted by Gasteiger charge is -2.22. The van der Waals surface area contributed by atoms with Gasteiger partial charge < -0.3 is 13.6 Å². The molecule has 0 bridgehead atoms. The Bertz CT molecular complexity index is 4420. The van der Waals surface area contributed by atoms with Crippen LogP contribution in [0.2, 0.25) is 0 Å². The van der Waals surface area contributed by atoms with E-state index in [-0.39, 0.29) is 5.41 Å². The SMILES string of the molecule is CC1(C)c2cc3c4ccccc4c4ccccc4c3cc2-c2cc3c(cc21)c1cc(-c2ccc4c(c2)c2ccccc2n4-c2ccc4oc5ccccc5c4c2)ccc1n3-c1ccccc1. The van der Waals surface area contributed by atoms with E-state index in [9.17, 15) is 0 Å². The normalized spacial score (nSPS) is 13.4. The molecule has 0 fully saturated rings. The Morgan fingerprint density at radius 1 is 0.303 bits per heavy atom. The third-order valence-electron chi connectivity index (χ3n) is 15.1. The van der Waals surface area contributed by atoms with E-state index in [0.29, 0.717) is 0 Å². The van der Waals surface area contributed by atoms with E-state index in [1.54, 1.807) is 0 Å². The second-order valence-corrected chi connectivity index (χ2v) is 18.8. The van der Waals surface area contributed by atoms with Crippen LogP contribution in [0.3, 0.4) is 0 Å². The van der Waals surface area contributed by atoms with Gasteiger partial charge in [0.2, 0.25) is 0 Å². The maximum atomic E-state index is 6.22. The number of aromatic nitrogens is 2. The van der Waals surface area contributed by atoms with Crippen LogP contribution in [0, 0.1) is 0 Å². The number of furan rings is 1. The summed E-state index contributed by atoms with van der Waals surface area (Å²) in [6.45, 7) is 4.84. The predicted molar refractivity (Wildman–Crippen MR) is 278 cm³/mol. The summed E-state index contributed by atoms with van der Waals surface area (Å²) in [6, 6.07) is 76.5. The van der Waals surface area contributed by atoms with Gasteiger partial charge in [0.25, 0.3) is 0 Å². The van der Waals surface area contributed by atoms with Gasteiger partial charge in [-0.25, -0.2) is 0 Å². The van der Waals surface area contributed by atoms with Crippen molar-refractivity contribution in [2.75, 3.05) is 0 Å². The highest BCUT2D eigenvalue weighted by Crippen LogP contribution is 2.53. The second-order valence-electron chi connectivity index (χ2n) is 18.8. The number of benzene rings is 11. The van der Waals surface area contributed by atoms with Crippen LogP contribution in [0.15, 0.2) is 211 Å². The van der Waals surface area contributed by atoms with Gasteiger partial charge in [-0.05, 0) is 157 Å². The Kier molecular flexibility index (Phi) is 7.02. The third-order valence-corrected chi connectivity index (χ3v) is 15.1. The number of hydrogen-bond acceptors (Lipinski definition) is 1. The van der Waals surface area contributed by atoms with Crippen LogP contribution >= 0.6 is 0 Å². The Hall–Kier alpha value is -8.40. The Morgan fingerprint density at radius 3 is 1.48 bits per heavy atom. The smallest absolute Gasteiger partial charge is 0.135 e. The number of fused-ring (bicyclic) bond motifs is 18. The van der Waals surface area contributed by atoms with Crippen molar-refractivity contribution >= 4 is 97.9 Å². The lowest BCUT2D eigenvalue weighted by Crippen LogP contribution is -2.15. The molecule has 1 aliphatic rings. The maximum Gasteiger partial charge on any atom is 0.135 e. The molecular formula is C63H40N2O. The van der Waals surface area contributed by atoms with Crippen LogP contribution in [-0.4, -0.2) is 9.13 Å². The summed E-state index contributed by atoms with van der Waals surface area (Å²) in [4.78, 5) is 0. The summed E-state index contributed by atoms with van der Waals surface area (Å²) >= 11 is 0. The first-order valence-electron chi connectivity index (χ1n) is 23.0. The lowest BCUT2D eigenvalue weighted by molar-refractivity contribution is 0.662. The molecular weight excluding hydrogens is 801 g/mol. The molecule has 3 nitrogen and oxygen atoms in total. The molecule has 0 spiro atoms. The molecule has 0 unspecified atom stereocenters. The van der Waals surface area contributed by atoms with Gasteiger partial charge in [-0.2, -0.15) is 0 Å². The standard InChI is InChI=1S/C63H40N2O/c1-63(2)55-34-48-44-19-9-7-17-42(44)41-16-6-8-18-43(41)47(48)33-49(55)50-36-60-53(35-56(50)63)52-31-38(25-28-59(52)64(60)39-14-4-3-5-15-39)37-24-27-58-51(30-37)45-20-10-12-22-57(45)65(58)40-26-29-62-54(32-40)46-21-11-13-23-61(46)66-62/h3-36H,1-2H3. The fourth-order valence-electron chi connectivity index (χ4n) is 12.0. The molecule has 1 aliphatic carbocycles. The first-order chi connectivity index (χ1) is 32.5. The van der Waals surface area contributed by atoms with Crippen LogP contribution in [0.25, 0.3) is 131 Å². The average Bonchev–Trinajstić information content (AvgIpc) is 4.07. The second kappa shape index (κ2) is 12.9. The first-order valence-corrected chi connectivity index (χ1v) is 23.0. The largest absolute Gasteiger partial charge is 0.456 e. The molecule has 3 heteroatoms. The molecule has 3 heterocycles. The summed E-state index contributed by atoms with van der Waals surface area (Å²) in [7, 11) is 0. The van der Waals surface area contributed by atoms with Crippen LogP contribution in [0.5, 0.6) is 0 Å². The average molecular weight is 841 g/mol. The fraction of sp³-hybridized carbons (Fsp3) is 0.0476. The van der Waals surface area contributed by atoms with Gasteiger partial charge in [0.05, 0.1) is 22.1 Å². The highest BCUT2D eigenvalue weighted by molar-refractivity contribution is 6.26. The lowest BCUT2D eigenvalue weighted by atomic mass is 9.81. The van der Waals surface area contributed by atoms with Crippen LogP contribution in [0.1, 0.15) is 25.0 Å². The van der Waals surface area contributed by atoms with E-state index in [1.165, 1.54) is 109 Å². The molecule has 3 aromatic heterocycles. The van der Waals surface area contributed by atoms with E-state index in [1.807, 2.05) is 12.1 Å². The minimum atomic E-state index is -0.201. The Labute approximate surface area is 380 Å². The van der Waals surface area contributed by atoms with Gasteiger partial charge in [0.15, 0.2) is 0 Å². The molecule has 308 valence electrons. The van der Waals surface area contributed by atoms with Crippen LogP contribution in [0.4, 0.5) is 0 Å². The molecule has 15 rings (SSSR count). The molecule has 0 N–H and O–H groups in total. The molecule has 0 radical (unpaired) electrons. The number of nitrogens with zero attached hydrogens (tertiary/aromatic N) is 2. The van der Waals surface area contributed by atoms with Gasteiger partial charge in [0.1, 0.15) is 11.2 Å². The van der Waals surface area contributed by atoms with E-state index in [0.717, 1.165) is 33.3 Å². The monoisotopic (exact) mass is 840 g/mol. The molecule has 14 aromatic rings. The Morgan fingerprint density at radius 2 is 0.788 bits per heavy atom. The number of para-hydroxylation sites is 3. The van der Waals surface area contributed by atoms with E-state index in [2.05, 4.69) is 217 Å². The fourth-order valence-corrected chi connectivity index (χ4v) is 12.0. The van der Waals surface area contributed by atoms with E-state index in [4.69, 9.17) is 4.42 Å². The third kappa shape index (κ3) is 4.76. The van der Waals surface area contributed by atoms with Gasteiger partial charge >= 0.3 is 0 Å². The van der Waals surface area contributed by atoms with Gasteiger partial charge in [-0.3, -0.25) is 0 Å². The number of rotatable bonds is 3. The van der Waals surface area contributed by atoms with Crippen molar-refractivity contribution in [3.8, 4) is 33.6 Å². The summed E-state index contributed by atoms with van der Waals surface area (Å²) in [6.07, 6.45) is 0. The van der Waals surface area contributed by atoms with Crippen molar-refractivity contribution < 1.29 is 4.42 Å². The van der Waals surface area contributed by atoms with Crippen molar-refractivity contribution in [3.05, 3.63) is 217 Å². The highest BCUT2D eigenvalue weighted by atomic mass is 16.3. The summed E-state index contributed by atoms with van der Waals surface area (Å²) < 4.78 is 11.1. The molecule has 0 saturated heterocycles. The molecule has 0 aliphatic heterocycles. The van der Waals surface area contributed by atoms with E-state index >= 15 is 0 Å². The van der Waals surface area contributed by atoms with E-state index < -0.39 is 0 Å². The molecule has 11 aromatic carbocycles. The van der Waals surface area contributed by atoms with Crippen molar-refractivity contribution in [1.29, 1.82) is 0 Å². The van der Waals surface area contributed by atoms with Crippen molar-refractivity contribution in [2.45, 2.75) is 19.3 Å². The Balaban J connectivity index is 0.939. The molecule has 0 amide bonds. The van der Waals surface area contributed by atoms with Gasteiger partial charge in [-0.1, -0.05) is 129 Å². The quantitative estimate of drug-likeness (QED) is 0.163. The summed E-state index contributed by atoms with van der Waals surface area (Å²) in [5, 5.41) is 15.1. The van der Waals surface area contributed by atoms with Crippen LogP contribution in [-0.2, 0) is 5.41 Å².